The molecule has 1 heterocycles. The Balaban J connectivity index is 1.81. The van der Waals surface area contributed by atoms with Gasteiger partial charge in [-0.3, -0.25) is 4.79 Å². The number of amides is 1. The molecule has 0 fully saturated rings. The molecule has 3 rings (SSSR count). The summed E-state index contributed by atoms with van der Waals surface area (Å²) in [5, 5.41) is 4.84. The molecule has 0 saturated heterocycles. The molecule has 7 heteroatoms. The third-order valence-electron chi connectivity index (χ3n) is 3.00. The molecule has 3 aromatic rings. The molecule has 1 N–H and O–H groups in total. The maximum Gasteiger partial charge on any atom is 0.230 e. The second-order valence-electron chi connectivity index (χ2n) is 4.54. The van der Waals surface area contributed by atoms with Crippen molar-refractivity contribution >= 4 is 67.4 Å². The summed E-state index contributed by atoms with van der Waals surface area (Å²) in [7, 11) is 0. The van der Waals surface area contributed by atoms with Gasteiger partial charge in [0.2, 0.25) is 5.91 Å². The fraction of sp³-hybridized carbons (Fsp3) is 0.0667. The number of rotatable bonds is 3. The Bertz CT molecular complexity index is 824. The van der Waals surface area contributed by atoms with Crippen LogP contribution in [0.4, 0.5) is 5.13 Å². The molecule has 0 aliphatic heterocycles. The van der Waals surface area contributed by atoms with Crippen LogP contribution in [-0.2, 0) is 11.2 Å². The average Bonchev–Trinajstić information content (AvgIpc) is 2.90. The van der Waals surface area contributed by atoms with Crippen molar-refractivity contribution in [2.75, 3.05) is 5.32 Å². The van der Waals surface area contributed by atoms with E-state index in [1.54, 1.807) is 18.2 Å². The van der Waals surface area contributed by atoms with Crippen LogP contribution in [0.15, 0.2) is 36.4 Å². The summed E-state index contributed by atoms with van der Waals surface area (Å²) in [6, 6.07) is 10.6. The van der Waals surface area contributed by atoms with Crippen molar-refractivity contribution in [1.29, 1.82) is 0 Å². The van der Waals surface area contributed by atoms with Crippen LogP contribution < -0.4 is 5.32 Å². The number of halogens is 3. The number of hydrogen-bond acceptors (Lipinski definition) is 3. The quantitative estimate of drug-likeness (QED) is 0.666. The molecule has 112 valence electrons. The highest BCUT2D eigenvalue weighted by molar-refractivity contribution is 7.23. The van der Waals surface area contributed by atoms with Crippen LogP contribution >= 0.6 is 46.1 Å². The van der Waals surface area contributed by atoms with Crippen LogP contribution in [0.2, 0.25) is 15.1 Å². The molecule has 0 saturated carbocycles. The first-order chi connectivity index (χ1) is 10.5. The smallest absolute Gasteiger partial charge is 0.230 e. The number of carbonyl (C=O) groups excluding carboxylic acids is 1. The normalized spacial score (nSPS) is 10.9. The number of anilines is 1. The van der Waals surface area contributed by atoms with Crippen LogP contribution in [0, 0.1) is 0 Å². The summed E-state index contributed by atoms with van der Waals surface area (Å²) >= 11 is 19.5. The standard InChI is InChI=1S/C15H9Cl3N2OS/c16-9-4-2-1-3-8(9)7-12(21)19-15-20-13-10(17)5-6-11(18)14(13)22-15/h1-6H,7H2,(H,19,20,21). The lowest BCUT2D eigenvalue weighted by molar-refractivity contribution is -0.115. The minimum atomic E-state index is -0.195. The van der Waals surface area contributed by atoms with E-state index in [-0.39, 0.29) is 12.3 Å². The van der Waals surface area contributed by atoms with E-state index >= 15 is 0 Å². The van der Waals surface area contributed by atoms with Gasteiger partial charge in [0.05, 0.1) is 21.2 Å². The number of nitrogens with zero attached hydrogens (tertiary/aromatic N) is 1. The first-order valence-corrected chi connectivity index (χ1v) is 8.27. The summed E-state index contributed by atoms with van der Waals surface area (Å²) in [5.41, 5.74) is 1.35. The van der Waals surface area contributed by atoms with Crippen molar-refractivity contribution in [3.63, 3.8) is 0 Å². The third-order valence-corrected chi connectivity index (χ3v) is 5.11. The van der Waals surface area contributed by atoms with Crippen LogP contribution in [0.3, 0.4) is 0 Å². The molecule has 1 amide bonds. The highest BCUT2D eigenvalue weighted by Gasteiger charge is 2.13. The number of thiazole rings is 1. The zero-order valence-electron chi connectivity index (χ0n) is 11.1. The van der Waals surface area contributed by atoms with E-state index in [1.807, 2.05) is 18.2 Å². The summed E-state index contributed by atoms with van der Waals surface area (Å²) in [5.74, 6) is -0.195. The van der Waals surface area contributed by atoms with Crippen LogP contribution in [0.5, 0.6) is 0 Å². The maximum atomic E-state index is 12.1. The van der Waals surface area contributed by atoms with Gasteiger partial charge >= 0.3 is 0 Å². The second kappa shape index (κ2) is 6.42. The van der Waals surface area contributed by atoms with Crippen molar-refractivity contribution in [3.05, 3.63) is 57.0 Å². The third kappa shape index (κ3) is 3.20. The van der Waals surface area contributed by atoms with Crippen LogP contribution in [0.1, 0.15) is 5.56 Å². The zero-order valence-corrected chi connectivity index (χ0v) is 14.2. The average molecular weight is 372 g/mol. The molecule has 2 aromatic carbocycles. The Morgan fingerprint density at radius 2 is 1.77 bits per heavy atom. The zero-order chi connectivity index (χ0) is 15.7. The molecular formula is C15H9Cl3N2OS. The SMILES string of the molecule is O=C(Cc1ccccc1Cl)Nc1nc2c(Cl)ccc(Cl)c2s1. The highest BCUT2D eigenvalue weighted by atomic mass is 35.5. The van der Waals surface area contributed by atoms with E-state index in [0.717, 1.165) is 10.3 Å². The maximum absolute atomic E-state index is 12.1. The van der Waals surface area contributed by atoms with E-state index in [1.165, 1.54) is 11.3 Å². The van der Waals surface area contributed by atoms with Crippen LogP contribution in [-0.4, -0.2) is 10.9 Å². The first kappa shape index (κ1) is 15.6. The predicted molar refractivity (Wildman–Crippen MR) is 93.4 cm³/mol. The van der Waals surface area contributed by atoms with Gasteiger partial charge in [0.25, 0.3) is 0 Å². The monoisotopic (exact) mass is 370 g/mol. The van der Waals surface area contributed by atoms with Crippen LogP contribution in [0.25, 0.3) is 10.2 Å². The van der Waals surface area contributed by atoms with Gasteiger partial charge in [-0.1, -0.05) is 64.3 Å². The molecule has 0 unspecified atom stereocenters. The Morgan fingerprint density at radius 1 is 1.05 bits per heavy atom. The van der Waals surface area contributed by atoms with Crippen molar-refractivity contribution in [2.24, 2.45) is 0 Å². The molecule has 0 aliphatic carbocycles. The van der Waals surface area contributed by atoms with Crippen molar-refractivity contribution in [3.8, 4) is 0 Å². The summed E-state index contributed by atoms with van der Waals surface area (Å²) < 4.78 is 0.752. The van der Waals surface area contributed by atoms with Gasteiger partial charge < -0.3 is 5.32 Å². The minimum Gasteiger partial charge on any atom is -0.302 e. The molecular weight excluding hydrogens is 363 g/mol. The lowest BCUT2D eigenvalue weighted by atomic mass is 10.1. The minimum absolute atomic E-state index is 0.178. The predicted octanol–water partition coefficient (Wildman–Crippen LogP) is 5.44. The topological polar surface area (TPSA) is 42.0 Å². The van der Waals surface area contributed by atoms with Gasteiger partial charge in [0.1, 0.15) is 5.52 Å². The van der Waals surface area contributed by atoms with Gasteiger partial charge in [-0.15, -0.1) is 0 Å². The molecule has 3 nitrogen and oxygen atoms in total. The number of carbonyl (C=O) groups is 1. The van der Waals surface area contributed by atoms with Gasteiger partial charge in [0, 0.05) is 5.02 Å². The number of aromatic nitrogens is 1. The van der Waals surface area contributed by atoms with Crippen molar-refractivity contribution in [2.45, 2.75) is 6.42 Å². The number of fused-ring (bicyclic) bond motifs is 1. The van der Waals surface area contributed by atoms with E-state index in [4.69, 9.17) is 34.8 Å². The molecule has 0 bridgehead atoms. The molecule has 0 aliphatic rings. The highest BCUT2D eigenvalue weighted by Crippen LogP contribution is 2.36. The molecule has 0 radical (unpaired) electrons. The Hall–Kier alpha value is -1.33. The molecule has 0 atom stereocenters. The number of nitrogens with one attached hydrogen (secondary N) is 1. The summed E-state index contributed by atoms with van der Waals surface area (Å²) in [4.78, 5) is 16.4. The van der Waals surface area contributed by atoms with Crippen molar-refractivity contribution in [1.82, 2.24) is 4.98 Å². The lowest BCUT2D eigenvalue weighted by Gasteiger charge is -2.03. The van der Waals surface area contributed by atoms with Gasteiger partial charge in [-0.2, -0.15) is 0 Å². The van der Waals surface area contributed by atoms with E-state index < -0.39 is 0 Å². The van der Waals surface area contributed by atoms with E-state index in [0.29, 0.717) is 25.7 Å². The lowest BCUT2D eigenvalue weighted by Crippen LogP contribution is -2.14. The second-order valence-corrected chi connectivity index (χ2v) is 6.76. The van der Waals surface area contributed by atoms with E-state index in [9.17, 15) is 4.79 Å². The largest absolute Gasteiger partial charge is 0.302 e. The number of hydrogen-bond donors (Lipinski definition) is 1. The van der Waals surface area contributed by atoms with Crippen molar-refractivity contribution < 1.29 is 4.79 Å². The Morgan fingerprint density at radius 3 is 2.50 bits per heavy atom. The summed E-state index contributed by atoms with van der Waals surface area (Å²) in [6.07, 6.45) is 0.178. The fourth-order valence-corrected chi connectivity index (χ4v) is 3.62. The molecule has 22 heavy (non-hydrogen) atoms. The van der Waals surface area contributed by atoms with Gasteiger partial charge in [-0.05, 0) is 23.8 Å². The Labute approximate surface area is 145 Å². The Kier molecular flexibility index (Phi) is 4.54. The van der Waals surface area contributed by atoms with E-state index in [2.05, 4.69) is 10.3 Å². The van der Waals surface area contributed by atoms with Gasteiger partial charge in [-0.25, -0.2) is 4.98 Å². The fourth-order valence-electron chi connectivity index (χ4n) is 1.98. The molecule has 0 spiro atoms. The first-order valence-electron chi connectivity index (χ1n) is 6.32. The molecule has 1 aromatic heterocycles. The summed E-state index contributed by atoms with van der Waals surface area (Å²) in [6.45, 7) is 0. The number of benzene rings is 2. The van der Waals surface area contributed by atoms with Gasteiger partial charge in [0.15, 0.2) is 5.13 Å².